The van der Waals surface area contributed by atoms with Gasteiger partial charge in [-0.2, -0.15) is 0 Å². The molecule has 0 saturated heterocycles. The van der Waals surface area contributed by atoms with Crippen LogP contribution in [0.3, 0.4) is 0 Å². The lowest BCUT2D eigenvalue weighted by atomic mass is 9.99. The average molecular weight is 371 g/mol. The summed E-state index contributed by atoms with van der Waals surface area (Å²) < 4.78 is 5.52. The first-order valence-corrected chi connectivity index (χ1v) is 12.9. The van der Waals surface area contributed by atoms with E-state index in [4.69, 9.17) is 4.43 Å². The van der Waals surface area contributed by atoms with Gasteiger partial charge in [0, 0.05) is 6.61 Å². The number of rotatable bonds is 6. The lowest BCUT2D eigenvalue weighted by Crippen LogP contribution is -2.28. The Morgan fingerprint density at radius 1 is 0.923 bits per heavy atom. The maximum Gasteiger partial charge on any atom is 0.186 e. The van der Waals surface area contributed by atoms with Crippen LogP contribution in [-0.2, 0) is 4.43 Å². The molecule has 2 aromatic carbocycles. The van der Waals surface area contributed by atoms with E-state index in [9.17, 15) is 0 Å². The van der Waals surface area contributed by atoms with Gasteiger partial charge < -0.3 is 4.43 Å². The SMILES string of the molecule is C=Cc1ccccc1.CCC(C)c1ccccc1.CCO[Si](C)(C)CC. The smallest absolute Gasteiger partial charge is 0.186 e. The highest BCUT2D eigenvalue weighted by atomic mass is 28.4. The Balaban J connectivity index is 0.000000365. The monoisotopic (exact) mass is 370 g/mol. The summed E-state index contributed by atoms with van der Waals surface area (Å²) >= 11 is 0. The van der Waals surface area contributed by atoms with Crippen LogP contribution >= 0.6 is 0 Å². The molecule has 0 aliphatic carbocycles. The summed E-state index contributed by atoms with van der Waals surface area (Å²) in [5, 5.41) is 0. The second-order valence-corrected chi connectivity index (χ2v) is 11.4. The van der Waals surface area contributed by atoms with Crippen LogP contribution < -0.4 is 0 Å². The number of benzene rings is 2. The zero-order valence-electron chi connectivity index (χ0n) is 17.7. The first kappa shape index (κ1) is 24.4. The number of hydrogen-bond acceptors (Lipinski definition) is 1. The molecule has 0 aliphatic heterocycles. The second kappa shape index (κ2) is 14.5. The molecule has 0 fully saturated rings. The minimum atomic E-state index is -1.18. The predicted molar refractivity (Wildman–Crippen MR) is 121 cm³/mol. The fourth-order valence-electron chi connectivity index (χ4n) is 2.10. The predicted octanol–water partition coefficient (Wildman–Crippen LogP) is 7.78. The molecule has 2 rings (SSSR count). The molecule has 2 aromatic rings. The van der Waals surface area contributed by atoms with Gasteiger partial charge in [-0.05, 0) is 49.5 Å². The first-order chi connectivity index (χ1) is 12.4. The van der Waals surface area contributed by atoms with E-state index >= 15 is 0 Å². The summed E-state index contributed by atoms with van der Waals surface area (Å²) in [4.78, 5) is 0. The molecule has 144 valence electrons. The summed E-state index contributed by atoms with van der Waals surface area (Å²) in [6, 6.07) is 21.9. The van der Waals surface area contributed by atoms with Crippen molar-refractivity contribution >= 4 is 14.4 Å². The molecule has 26 heavy (non-hydrogen) atoms. The quantitative estimate of drug-likeness (QED) is 0.472. The minimum Gasteiger partial charge on any atom is -0.418 e. The second-order valence-electron chi connectivity index (χ2n) is 6.88. The fraction of sp³-hybridized carbons (Fsp3) is 0.417. The average Bonchev–Trinajstić information content (AvgIpc) is 2.69. The largest absolute Gasteiger partial charge is 0.418 e. The Labute approximate surface area is 163 Å². The van der Waals surface area contributed by atoms with Gasteiger partial charge in [-0.25, -0.2) is 0 Å². The Morgan fingerprint density at radius 3 is 1.73 bits per heavy atom. The van der Waals surface area contributed by atoms with E-state index in [1.807, 2.05) is 36.4 Å². The lowest BCUT2D eigenvalue weighted by Gasteiger charge is -2.18. The molecule has 1 atom stereocenters. The van der Waals surface area contributed by atoms with Crippen molar-refractivity contribution in [2.24, 2.45) is 0 Å². The van der Waals surface area contributed by atoms with Crippen LogP contribution in [0.4, 0.5) is 0 Å². The fourth-order valence-corrected chi connectivity index (χ4v) is 3.08. The topological polar surface area (TPSA) is 9.23 Å². The number of hydrogen-bond donors (Lipinski definition) is 0. The maximum absolute atomic E-state index is 5.52. The Bertz CT molecular complexity index is 563. The summed E-state index contributed by atoms with van der Waals surface area (Å²) in [5.41, 5.74) is 2.62. The van der Waals surface area contributed by atoms with Crippen molar-refractivity contribution in [1.29, 1.82) is 0 Å². The molecule has 0 saturated carbocycles. The van der Waals surface area contributed by atoms with Gasteiger partial charge in [0.25, 0.3) is 0 Å². The van der Waals surface area contributed by atoms with Crippen molar-refractivity contribution in [2.45, 2.75) is 59.2 Å². The summed E-state index contributed by atoms with van der Waals surface area (Å²) in [6.07, 6.45) is 3.06. The van der Waals surface area contributed by atoms with Gasteiger partial charge in [0.15, 0.2) is 8.32 Å². The van der Waals surface area contributed by atoms with Gasteiger partial charge in [-0.15, -0.1) is 0 Å². The van der Waals surface area contributed by atoms with Crippen LogP contribution in [0, 0.1) is 0 Å². The third kappa shape index (κ3) is 11.8. The van der Waals surface area contributed by atoms with E-state index in [1.165, 1.54) is 23.6 Å². The van der Waals surface area contributed by atoms with Gasteiger partial charge in [0.1, 0.15) is 0 Å². The standard InChI is InChI=1S/C10H14.C8H8.C6H16OSi/c1-3-9(2)10-7-5-4-6-8-10;1-2-8-6-4-3-5-7-8;1-5-7-8(3,4)6-2/h4-9H,3H2,1-2H3;2-7H,1H2;5-6H2,1-4H3. The highest BCUT2D eigenvalue weighted by molar-refractivity contribution is 6.71. The summed E-state index contributed by atoms with van der Waals surface area (Å²) in [6.45, 7) is 17.7. The molecular formula is C24H38OSi. The van der Waals surface area contributed by atoms with E-state index in [2.05, 4.69) is 77.7 Å². The van der Waals surface area contributed by atoms with Crippen molar-refractivity contribution in [3.8, 4) is 0 Å². The van der Waals surface area contributed by atoms with E-state index in [0.717, 1.165) is 6.61 Å². The third-order valence-electron chi connectivity index (χ3n) is 4.40. The molecule has 0 amide bonds. The Kier molecular flexibility index (Phi) is 13.6. The molecule has 0 bridgehead atoms. The van der Waals surface area contributed by atoms with Crippen LogP contribution in [0.2, 0.25) is 19.1 Å². The van der Waals surface area contributed by atoms with E-state index < -0.39 is 8.32 Å². The van der Waals surface area contributed by atoms with Gasteiger partial charge in [-0.1, -0.05) is 94.1 Å². The molecule has 0 heterocycles. The van der Waals surface area contributed by atoms with Crippen molar-refractivity contribution < 1.29 is 4.43 Å². The van der Waals surface area contributed by atoms with Crippen LogP contribution in [0.1, 0.15) is 51.2 Å². The molecule has 0 N–H and O–H groups in total. The molecule has 2 heteroatoms. The highest BCUT2D eigenvalue weighted by Gasteiger charge is 2.17. The molecule has 0 radical (unpaired) electrons. The highest BCUT2D eigenvalue weighted by Crippen LogP contribution is 2.16. The van der Waals surface area contributed by atoms with Crippen LogP contribution in [-0.4, -0.2) is 14.9 Å². The summed E-state index contributed by atoms with van der Waals surface area (Å²) in [7, 11) is -1.18. The first-order valence-electron chi connectivity index (χ1n) is 9.76. The van der Waals surface area contributed by atoms with E-state index in [1.54, 1.807) is 0 Å². The van der Waals surface area contributed by atoms with Crippen LogP contribution in [0.15, 0.2) is 67.2 Å². The zero-order chi connectivity index (χ0) is 19.8. The van der Waals surface area contributed by atoms with Crippen molar-refractivity contribution in [3.05, 3.63) is 78.4 Å². The Morgan fingerprint density at radius 2 is 1.42 bits per heavy atom. The lowest BCUT2D eigenvalue weighted by molar-refractivity contribution is 0.330. The van der Waals surface area contributed by atoms with Crippen molar-refractivity contribution in [1.82, 2.24) is 0 Å². The van der Waals surface area contributed by atoms with E-state index in [0.29, 0.717) is 5.92 Å². The molecule has 1 unspecified atom stereocenters. The third-order valence-corrected chi connectivity index (χ3v) is 7.18. The summed E-state index contributed by atoms with van der Waals surface area (Å²) in [5.74, 6) is 0.709. The van der Waals surface area contributed by atoms with Gasteiger partial charge in [0.2, 0.25) is 0 Å². The Hall–Kier alpha value is -1.64. The molecule has 0 aliphatic rings. The molecule has 0 aromatic heterocycles. The molecule has 1 nitrogen and oxygen atoms in total. The minimum absolute atomic E-state index is 0.709. The van der Waals surface area contributed by atoms with Crippen molar-refractivity contribution in [3.63, 3.8) is 0 Å². The van der Waals surface area contributed by atoms with Crippen molar-refractivity contribution in [2.75, 3.05) is 6.61 Å². The van der Waals surface area contributed by atoms with Gasteiger partial charge in [-0.3, -0.25) is 0 Å². The van der Waals surface area contributed by atoms with Gasteiger partial charge >= 0.3 is 0 Å². The van der Waals surface area contributed by atoms with E-state index in [-0.39, 0.29) is 0 Å². The zero-order valence-corrected chi connectivity index (χ0v) is 18.7. The normalized spacial score (nSPS) is 11.3. The van der Waals surface area contributed by atoms with Crippen LogP contribution in [0.25, 0.3) is 6.08 Å². The maximum atomic E-state index is 5.52. The molecule has 0 spiro atoms. The molecular weight excluding hydrogens is 332 g/mol. The van der Waals surface area contributed by atoms with Gasteiger partial charge in [0.05, 0.1) is 0 Å². The van der Waals surface area contributed by atoms with Crippen LogP contribution in [0.5, 0.6) is 0 Å².